The molecule has 0 fully saturated rings. The van der Waals surface area contributed by atoms with Crippen LogP contribution >= 0.6 is 22.6 Å². The second-order valence-corrected chi connectivity index (χ2v) is 4.13. The summed E-state index contributed by atoms with van der Waals surface area (Å²) in [5.74, 6) is 0. The van der Waals surface area contributed by atoms with Crippen molar-refractivity contribution in [2.24, 2.45) is 0 Å². The number of hydrogen-bond acceptors (Lipinski definition) is 1. The zero-order valence-electron chi connectivity index (χ0n) is 7.19. The molecule has 1 aliphatic rings. The summed E-state index contributed by atoms with van der Waals surface area (Å²) in [5.41, 5.74) is 1.52. The fourth-order valence-electron chi connectivity index (χ4n) is 1.43. The van der Waals surface area contributed by atoms with Crippen LogP contribution in [0.1, 0.15) is 33.1 Å². The highest BCUT2D eigenvalue weighted by Gasteiger charge is 2.18. The Hall–Kier alpha value is 0.430. The minimum atomic E-state index is 0.411. The van der Waals surface area contributed by atoms with Crippen LogP contribution < -0.4 is 0 Å². The van der Waals surface area contributed by atoms with Gasteiger partial charge >= 0.3 is 0 Å². The number of allylic oxidation sites excluding steroid dienone is 1. The average Bonchev–Trinajstić information content (AvgIpc) is 1.99. The molecule has 0 amide bonds. The normalized spacial score (nSPS) is 25.9. The van der Waals surface area contributed by atoms with Crippen molar-refractivity contribution in [1.82, 2.24) is 0 Å². The highest BCUT2D eigenvalue weighted by molar-refractivity contribution is 14.1. The Kier molecular flexibility index (Phi) is 3.85. The molecule has 0 aliphatic heterocycles. The Labute approximate surface area is 82.3 Å². The van der Waals surface area contributed by atoms with E-state index in [1.807, 2.05) is 0 Å². The van der Waals surface area contributed by atoms with Gasteiger partial charge in [0.05, 0.1) is 6.10 Å². The first kappa shape index (κ1) is 9.52. The predicted molar refractivity (Wildman–Crippen MR) is 56.0 cm³/mol. The Bertz CT molecular complexity index is 163. The van der Waals surface area contributed by atoms with Crippen LogP contribution in [0, 0.1) is 0 Å². The maximum Gasteiger partial charge on any atom is 0.0880 e. The fraction of sp³-hybridized carbons (Fsp3) is 0.778. The molecule has 0 saturated heterocycles. The SMILES string of the molecule is CCOC1CCCC(C)=C1I. The zero-order valence-corrected chi connectivity index (χ0v) is 9.35. The predicted octanol–water partition coefficient (Wildman–Crippen LogP) is 3.28. The van der Waals surface area contributed by atoms with E-state index in [2.05, 4.69) is 36.4 Å². The molecule has 0 bridgehead atoms. The number of ether oxygens (including phenoxy) is 1. The van der Waals surface area contributed by atoms with Crippen LogP contribution in [-0.4, -0.2) is 12.7 Å². The van der Waals surface area contributed by atoms with Crippen molar-refractivity contribution in [3.63, 3.8) is 0 Å². The summed E-state index contributed by atoms with van der Waals surface area (Å²) < 4.78 is 7.04. The molecule has 11 heavy (non-hydrogen) atoms. The smallest absolute Gasteiger partial charge is 0.0880 e. The highest BCUT2D eigenvalue weighted by Crippen LogP contribution is 2.31. The molecule has 0 heterocycles. The molecule has 0 N–H and O–H groups in total. The highest BCUT2D eigenvalue weighted by atomic mass is 127. The number of rotatable bonds is 2. The summed E-state index contributed by atoms with van der Waals surface area (Å²) in [6, 6.07) is 0. The summed E-state index contributed by atoms with van der Waals surface area (Å²) in [7, 11) is 0. The summed E-state index contributed by atoms with van der Waals surface area (Å²) in [6.45, 7) is 5.12. The van der Waals surface area contributed by atoms with Gasteiger partial charge in [0.1, 0.15) is 0 Å². The van der Waals surface area contributed by atoms with Crippen LogP contribution in [0.3, 0.4) is 0 Å². The second-order valence-electron chi connectivity index (χ2n) is 2.96. The Morgan fingerprint density at radius 1 is 1.64 bits per heavy atom. The van der Waals surface area contributed by atoms with Crippen LogP contribution in [0.4, 0.5) is 0 Å². The van der Waals surface area contributed by atoms with Gasteiger partial charge in [-0.1, -0.05) is 5.57 Å². The zero-order chi connectivity index (χ0) is 8.27. The lowest BCUT2D eigenvalue weighted by Gasteiger charge is -2.23. The van der Waals surface area contributed by atoms with Crippen molar-refractivity contribution in [2.75, 3.05) is 6.61 Å². The fourth-order valence-corrected chi connectivity index (χ4v) is 2.19. The Balaban J connectivity index is 2.58. The lowest BCUT2D eigenvalue weighted by atomic mass is 9.99. The standard InChI is InChI=1S/C9H15IO/c1-3-11-8-6-4-5-7(2)9(8)10/h8H,3-6H2,1-2H3. The van der Waals surface area contributed by atoms with E-state index in [4.69, 9.17) is 4.74 Å². The Morgan fingerprint density at radius 2 is 2.36 bits per heavy atom. The molecule has 1 rings (SSSR count). The summed E-state index contributed by atoms with van der Waals surface area (Å²) >= 11 is 2.42. The summed E-state index contributed by atoms with van der Waals surface area (Å²) in [5, 5.41) is 0. The maximum atomic E-state index is 5.60. The van der Waals surface area contributed by atoms with Gasteiger partial charge in [-0.3, -0.25) is 0 Å². The van der Waals surface area contributed by atoms with E-state index in [-0.39, 0.29) is 0 Å². The van der Waals surface area contributed by atoms with Gasteiger partial charge < -0.3 is 4.74 Å². The van der Waals surface area contributed by atoms with Crippen molar-refractivity contribution in [2.45, 2.75) is 39.2 Å². The molecule has 0 saturated carbocycles. The van der Waals surface area contributed by atoms with Gasteiger partial charge in [0, 0.05) is 10.2 Å². The minimum Gasteiger partial charge on any atom is -0.373 e. The minimum absolute atomic E-state index is 0.411. The lowest BCUT2D eigenvalue weighted by molar-refractivity contribution is 0.0834. The molecule has 0 aromatic carbocycles. The molecule has 1 nitrogen and oxygen atoms in total. The third-order valence-electron chi connectivity index (χ3n) is 2.08. The molecule has 2 heteroatoms. The van der Waals surface area contributed by atoms with Gasteiger partial charge in [-0.15, -0.1) is 0 Å². The molecule has 0 spiro atoms. The first-order chi connectivity index (χ1) is 5.25. The van der Waals surface area contributed by atoms with Crippen molar-refractivity contribution in [3.05, 3.63) is 9.15 Å². The topological polar surface area (TPSA) is 9.23 Å². The van der Waals surface area contributed by atoms with Gasteiger partial charge in [-0.05, 0) is 55.7 Å². The maximum absolute atomic E-state index is 5.60. The van der Waals surface area contributed by atoms with E-state index in [0.29, 0.717) is 6.10 Å². The molecule has 0 radical (unpaired) electrons. The number of hydrogen-bond donors (Lipinski definition) is 0. The van der Waals surface area contributed by atoms with Crippen molar-refractivity contribution in [3.8, 4) is 0 Å². The third-order valence-corrected chi connectivity index (χ3v) is 3.69. The molecule has 0 aromatic heterocycles. The molecule has 0 aromatic rings. The first-order valence-electron chi connectivity index (χ1n) is 4.22. The molecule has 1 atom stereocenters. The lowest BCUT2D eigenvalue weighted by Crippen LogP contribution is -2.17. The molecule has 1 aliphatic carbocycles. The van der Waals surface area contributed by atoms with Crippen LogP contribution in [0.25, 0.3) is 0 Å². The van der Waals surface area contributed by atoms with Crippen molar-refractivity contribution in [1.29, 1.82) is 0 Å². The van der Waals surface area contributed by atoms with Crippen LogP contribution in [0.15, 0.2) is 9.15 Å². The molecular weight excluding hydrogens is 251 g/mol. The summed E-state index contributed by atoms with van der Waals surface area (Å²) in [6.07, 6.45) is 4.18. The van der Waals surface area contributed by atoms with Crippen molar-refractivity contribution >= 4 is 22.6 Å². The van der Waals surface area contributed by atoms with Gasteiger partial charge in [0.2, 0.25) is 0 Å². The quantitative estimate of drug-likeness (QED) is 0.697. The largest absolute Gasteiger partial charge is 0.373 e. The van der Waals surface area contributed by atoms with E-state index in [1.165, 1.54) is 28.4 Å². The monoisotopic (exact) mass is 266 g/mol. The van der Waals surface area contributed by atoms with E-state index >= 15 is 0 Å². The average molecular weight is 266 g/mol. The van der Waals surface area contributed by atoms with E-state index in [9.17, 15) is 0 Å². The van der Waals surface area contributed by atoms with Crippen molar-refractivity contribution < 1.29 is 4.74 Å². The third kappa shape index (κ3) is 2.44. The molecular formula is C9H15IO. The van der Waals surface area contributed by atoms with Crippen LogP contribution in [0.2, 0.25) is 0 Å². The summed E-state index contributed by atoms with van der Waals surface area (Å²) in [4.78, 5) is 0. The van der Waals surface area contributed by atoms with E-state index in [0.717, 1.165) is 6.61 Å². The van der Waals surface area contributed by atoms with Crippen LogP contribution in [-0.2, 0) is 4.74 Å². The van der Waals surface area contributed by atoms with Crippen LogP contribution in [0.5, 0.6) is 0 Å². The van der Waals surface area contributed by atoms with Gasteiger partial charge in [-0.25, -0.2) is 0 Å². The molecule has 1 unspecified atom stereocenters. The van der Waals surface area contributed by atoms with Gasteiger partial charge in [0.25, 0.3) is 0 Å². The van der Waals surface area contributed by atoms with E-state index < -0.39 is 0 Å². The van der Waals surface area contributed by atoms with Gasteiger partial charge in [-0.2, -0.15) is 0 Å². The number of halogens is 1. The Morgan fingerprint density at radius 3 is 3.00 bits per heavy atom. The first-order valence-corrected chi connectivity index (χ1v) is 5.30. The molecule has 64 valence electrons. The van der Waals surface area contributed by atoms with E-state index in [1.54, 1.807) is 0 Å². The second kappa shape index (κ2) is 4.45. The van der Waals surface area contributed by atoms with Gasteiger partial charge in [0.15, 0.2) is 0 Å².